The minimum Gasteiger partial charge on any atom is -0.378 e. The van der Waals surface area contributed by atoms with Gasteiger partial charge in [-0.1, -0.05) is 6.92 Å². The SMILES string of the molecule is CCC1CN(c2cc3c(cc2Br)C(O)C(=O)N3)CCO1. The lowest BCUT2D eigenvalue weighted by atomic mass is 10.1. The Labute approximate surface area is 126 Å². The molecule has 0 saturated carbocycles. The first-order valence-corrected chi connectivity index (χ1v) is 7.58. The molecule has 0 aromatic heterocycles. The summed E-state index contributed by atoms with van der Waals surface area (Å²) >= 11 is 3.54. The van der Waals surface area contributed by atoms with Crippen molar-refractivity contribution < 1.29 is 14.6 Å². The molecule has 1 aromatic carbocycles. The quantitative estimate of drug-likeness (QED) is 0.864. The van der Waals surface area contributed by atoms with Crippen molar-refractivity contribution in [3.63, 3.8) is 0 Å². The Morgan fingerprint density at radius 3 is 3.10 bits per heavy atom. The zero-order valence-corrected chi connectivity index (χ0v) is 12.8. The molecule has 2 aliphatic rings. The molecule has 5 nitrogen and oxygen atoms in total. The van der Waals surface area contributed by atoms with Crippen LogP contribution in [-0.4, -0.2) is 36.8 Å². The first-order chi connectivity index (χ1) is 9.60. The lowest BCUT2D eigenvalue weighted by Gasteiger charge is -2.35. The summed E-state index contributed by atoms with van der Waals surface area (Å²) in [6, 6.07) is 3.75. The number of nitrogens with one attached hydrogen (secondary N) is 1. The van der Waals surface area contributed by atoms with E-state index in [1.54, 1.807) is 0 Å². The Balaban J connectivity index is 1.91. The summed E-state index contributed by atoms with van der Waals surface area (Å²) in [5, 5.41) is 12.5. The molecular weight excluding hydrogens is 324 g/mol. The summed E-state index contributed by atoms with van der Waals surface area (Å²) in [7, 11) is 0. The highest BCUT2D eigenvalue weighted by Crippen LogP contribution is 2.39. The van der Waals surface area contributed by atoms with Crippen molar-refractivity contribution in [2.75, 3.05) is 29.9 Å². The van der Waals surface area contributed by atoms with Crippen molar-refractivity contribution in [1.29, 1.82) is 0 Å². The van der Waals surface area contributed by atoms with E-state index in [1.807, 2.05) is 12.1 Å². The Bertz CT molecular complexity index is 549. The number of fused-ring (bicyclic) bond motifs is 1. The predicted octanol–water partition coefficient (Wildman–Crippen LogP) is 2.05. The lowest BCUT2D eigenvalue weighted by Crippen LogP contribution is -2.42. The molecule has 1 saturated heterocycles. The number of carbonyl (C=O) groups is 1. The highest BCUT2D eigenvalue weighted by molar-refractivity contribution is 9.10. The topological polar surface area (TPSA) is 61.8 Å². The van der Waals surface area contributed by atoms with Crippen LogP contribution in [0.5, 0.6) is 0 Å². The van der Waals surface area contributed by atoms with Crippen LogP contribution in [0.2, 0.25) is 0 Å². The van der Waals surface area contributed by atoms with Gasteiger partial charge in [-0.3, -0.25) is 4.79 Å². The Hall–Kier alpha value is -1.11. The molecule has 3 rings (SSSR count). The van der Waals surface area contributed by atoms with Crippen LogP contribution in [-0.2, 0) is 9.53 Å². The van der Waals surface area contributed by atoms with Crippen LogP contribution in [0.25, 0.3) is 0 Å². The molecule has 0 bridgehead atoms. The van der Waals surface area contributed by atoms with E-state index in [0.29, 0.717) is 17.9 Å². The number of hydrogen-bond acceptors (Lipinski definition) is 4. The van der Waals surface area contributed by atoms with Gasteiger partial charge in [0.1, 0.15) is 0 Å². The molecule has 108 valence electrons. The second-order valence-electron chi connectivity index (χ2n) is 5.13. The zero-order chi connectivity index (χ0) is 14.3. The maximum atomic E-state index is 11.5. The van der Waals surface area contributed by atoms with E-state index >= 15 is 0 Å². The van der Waals surface area contributed by atoms with Crippen LogP contribution in [0.3, 0.4) is 0 Å². The molecule has 0 spiro atoms. The Morgan fingerprint density at radius 1 is 1.55 bits per heavy atom. The molecule has 2 heterocycles. The molecule has 2 atom stereocenters. The normalized spacial score (nSPS) is 25.6. The summed E-state index contributed by atoms with van der Waals surface area (Å²) in [5.41, 5.74) is 2.35. The highest BCUT2D eigenvalue weighted by atomic mass is 79.9. The van der Waals surface area contributed by atoms with Crippen molar-refractivity contribution in [3.8, 4) is 0 Å². The number of carbonyl (C=O) groups excluding carboxylic acids is 1. The second-order valence-corrected chi connectivity index (χ2v) is 5.98. The maximum Gasteiger partial charge on any atom is 0.257 e. The molecule has 1 fully saturated rings. The minimum atomic E-state index is -1.07. The van der Waals surface area contributed by atoms with Crippen LogP contribution in [0.4, 0.5) is 11.4 Å². The van der Waals surface area contributed by atoms with Gasteiger partial charge in [-0.2, -0.15) is 0 Å². The van der Waals surface area contributed by atoms with Gasteiger partial charge in [0.15, 0.2) is 6.10 Å². The molecule has 6 heteroatoms. The standard InChI is InChI=1S/C14H17BrN2O3/c1-2-8-7-17(3-4-20-8)12-6-11-9(5-10(12)15)13(18)14(19)16-11/h5-6,8,13,18H,2-4,7H2,1H3,(H,16,19). The van der Waals surface area contributed by atoms with Gasteiger partial charge in [0.05, 0.1) is 18.4 Å². The zero-order valence-electron chi connectivity index (χ0n) is 11.2. The number of aliphatic hydroxyl groups excluding tert-OH is 1. The molecule has 1 aromatic rings. The molecule has 0 aliphatic carbocycles. The average Bonchev–Trinajstić information content (AvgIpc) is 2.73. The fourth-order valence-corrected chi connectivity index (χ4v) is 3.29. The summed E-state index contributed by atoms with van der Waals surface area (Å²) in [5.74, 6) is -0.363. The summed E-state index contributed by atoms with van der Waals surface area (Å²) in [4.78, 5) is 13.8. The van der Waals surface area contributed by atoms with Crippen LogP contribution >= 0.6 is 15.9 Å². The van der Waals surface area contributed by atoms with Crippen molar-refractivity contribution in [3.05, 3.63) is 22.2 Å². The van der Waals surface area contributed by atoms with Crippen molar-refractivity contribution in [1.82, 2.24) is 0 Å². The molecule has 2 unspecified atom stereocenters. The van der Waals surface area contributed by atoms with Crippen LogP contribution < -0.4 is 10.2 Å². The van der Waals surface area contributed by atoms with Gasteiger partial charge in [0.2, 0.25) is 0 Å². The Kier molecular flexibility index (Phi) is 3.70. The third-order valence-corrected chi connectivity index (χ3v) is 4.49. The summed E-state index contributed by atoms with van der Waals surface area (Å²) in [6.45, 7) is 4.48. The molecule has 2 aliphatic heterocycles. The van der Waals surface area contributed by atoms with Gasteiger partial charge in [0.25, 0.3) is 5.91 Å². The van der Waals surface area contributed by atoms with Gasteiger partial charge in [-0.15, -0.1) is 0 Å². The number of anilines is 2. The van der Waals surface area contributed by atoms with E-state index in [9.17, 15) is 9.90 Å². The number of nitrogens with zero attached hydrogens (tertiary/aromatic N) is 1. The van der Waals surface area contributed by atoms with Gasteiger partial charge in [-0.05, 0) is 34.5 Å². The van der Waals surface area contributed by atoms with E-state index in [2.05, 4.69) is 33.1 Å². The number of aliphatic hydroxyl groups is 1. The van der Waals surface area contributed by atoms with Crippen molar-refractivity contribution in [2.45, 2.75) is 25.6 Å². The monoisotopic (exact) mass is 340 g/mol. The molecular formula is C14H17BrN2O3. The number of rotatable bonds is 2. The van der Waals surface area contributed by atoms with Gasteiger partial charge in [0, 0.05) is 28.8 Å². The predicted molar refractivity (Wildman–Crippen MR) is 80.0 cm³/mol. The van der Waals surface area contributed by atoms with Crippen molar-refractivity contribution >= 4 is 33.2 Å². The number of hydrogen-bond donors (Lipinski definition) is 2. The third-order valence-electron chi connectivity index (χ3n) is 3.85. The summed E-state index contributed by atoms with van der Waals surface area (Å²) < 4.78 is 6.57. The molecule has 1 amide bonds. The number of ether oxygens (including phenoxy) is 1. The largest absolute Gasteiger partial charge is 0.378 e. The van der Waals surface area contributed by atoms with Crippen LogP contribution in [0.1, 0.15) is 25.0 Å². The van der Waals surface area contributed by atoms with E-state index in [1.165, 1.54) is 0 Å². The first-order valence-electron chi connectivity index (χ1n) is 6.79. The number of amides is 1. The second kappa shape index (κ2) is 5.35. The van der Waals surface area contributed by atoms with Gasteiger partial charge >= 0.3 is 0 Å². The van der Waals surface area contributed by atoms with Crippen molar-refractivity contribution in [2.24, 2.45) is 0 Å². The van der Waals surface area contributed by atoms with Crippen LogP contribution in [0.15, 0.2) is 16.6 Å². The smallest absolute Gasteiger partial charge is 0.257 e. The van der Waals surface area contributed by atoms with Gasteiger partial charge in [-0.25, -0.2) is 0 Å². The van der Waals surface area contributed by atoms with Crippen LogP contribution in [0, 0.1) is 0 Å². The fourth-order valence-electron chi connectivity index (χ4n) is 2.68. The number of halogens is 1. The lowest BCUT2D eigenvalue weighted by molar-refractivity contribution is -0.123. The van der Waals surface area contributed by atoms with E-state index in [4.69, 9.17) is 4.74 Å². The molecule has 0 radical (unpaired) electrons. The maximum absolute atomic E-state index is 11.5. The van der Waals surface area contributed by atoms with Gasteiger partial charge < -0.3 is 20.1 Å². The number of morpholine rings is 1. The highest BCUT2D eigenvalue weighted by Gasteiger charge is 2.31. The third kappa shape index (κ3) is 2.32. The van der Waals surface area contributed by atoms with E-state index in [0.717, 1.165) is 29.7 Å². The molecule has 2 N–H and O–H groups in total. The average molecular weight is 341 g/mol. The summed E-state index contributed by atoms with van der Waals surface area (Å²) in [6.07, 6.45) is 0.154. The van der Waals surface area contributed by atoms with E-state index in [-0.39, 0.29) is 12.0 Å². The molecule has 20 heavy (non-hydrogen) atoms. The van der Waals surface area contributed by atoms with E-state index < -0.39 is 6.10 Å². The first kappa shape index (κ1) is 13.9. The Morgan fingerprint density at radius 2 is 2.35 bits per heavy atom. The minimum absolute atomic E-state index is 0.240. The number of benzene rings is 1. The fraction of sp³-hybridized carbons (Fsp3) is 0.500.